The van der Waals surface area contributed by atoms with Crippen molar-refractivity contribution in [3.8, 4) is 0 Å². The van der Waals surface area contributed by atoms with Gasteiger partial charge in [0.05, 0.1) is 54.2 Å². The van der Waals surface area contributed by atoms with Crippen LogP contribution in [0.25, 0.3) is 0 Å². The lowest BCUT2D eigenvalue weighted by molar-refractivity contribution is -0.250. The highest BCUT2D eigenvalue weighted by Gasteiger charge is 2.75. The highest BCUT2D eigenvalue weighted by Crippen LogP contribution is 2.78. The number of carbonyl (C=O) groups is 5. The highest BCUT2D eigenvalue weighted by atomic mass is 16.5. The van der Waals surface area contributed by atoms with Crippen LogP contribution in [0.4, 0.5) is 0 Å². The monoisotopic (exact) mass is 1080 g/mol. The maximum atomic E-state index is 15.3. The van der Waals surface area contributed by atoms with E-state index in [4.69, 9.17) is 9.47 Å². The number of ether oxygens (including phenoxy) is 2. The number of hydrogen-bond acceptors (Lipinski definition) is 9. The van der Waals surface area contributed by atoms with Crippen LogP contribution < -0.4 is 10.6 Å². The first-order valence-corrected chi connectivity index (χ1v) is 30.7. The fraction of sp³-hybridized carbons (Fsp3) is 0.921. The zero-order valence-corrected chi connectivity index (χ0v) is 51.9. The van der Waals surface area contributed by atoms with Crippen molar-refractivity contribution < 1.29 is 38.6 Å². The number of hydrogen-bond donors (Lipinski definition) is 3. The standard InChI is InChI=1S/C63H110N6O8/c1-20-39(6)51(67(17)56(74)49(37(2)3)65-55(73)50(38(4)5)66(15)16)43(76-18)36-47(71)68-34-21-22-42(68)52(77-19)40(7)54(72)64-33-35-69-53-48-41-23-24-45-60(12)27-26-46(70)59(10,11)44(60)25-28-62(45,14)61(41,13)30-32-63(48,57(69)75)31-29-58(53,8)9/h37-46,48-53,70H,20-36H2,1-19H3,(H,64,72)(H,65,73)/t39-,40+,41+,42-,43+,44-,45+,46-,48-,49-,50-,51-,52+,53?,60-,61+,62+,63-/m0/s1. The summed E-state index contributed by atoms with van der Waals surface area (Å²) in [7, 11) is 8.73. The van der Waals surface area contributed by atoms with Crippen LogP contribution in [0.15, 0.2) is 0 Å². The van der Waals surface area contributed by atoms with Crippen molar-refractivity contribution in [2.75, 3.05) is 55.0 Å². The second-order valence-electron chi connectivity index (χ2n) is 29.4. The molecule has 0 aromatic rings. The summed E-state index contributed by atoms with van der Waals surface area (Å²) in [5.74, 6) is 0.775. The molecule has 5 saturated carbocycles. The maximum Gasteiger partial charge on any atom is 0.245 e. The van der Waals surface area contributed by atoms with Crippen molar-refractivity contribution in [1.82, 2.24) is 30.2 Å². The van der Waals surface area contributed by atoms with Gasteiger partial charge in [0, 0.05) is 46.9 Å². The molecule has 5 aliphatic carbocycles. The smallest absolute Gasteiger partial charge is 0.245 e. The van der Waals surface area contributed by atoms with E-state index in [1.807, 2.05) is 58.5 Å². The van der Waals surface area contributed by atoms with Gasteiger partial charge in [-0.3, -0.25) is 28.9 Å². The van der Waals surface area contributed by atoms with Crippen LogP contribution in [-0.2, 0) is 33.4 Å². The Bertz CT molecular complexity index is 2140. The molecule has 0 aromatic heterocycles. The van der Waals surface area contributed by atoms with Gasteiger partial charge in [-0.15, -0.1) is 0 Å². The molecule has 7 rings (SSSR count). The average molecular weight is 1080 g/mol. The van der Waals surface area contributed by atoms with Crippen molar-refractivity contribution in [2.45, 2.75) is 235 Å². The Morgan fingerprint density at radius 2 is 1.44 bits per heavy atom. The van der Waals surface area contributed by atoms with E-state index in [0.29, 0.717) is 55.6 Å². The maximum absolute atomic E-state index is 15.3. The molecule has 18 atom stereocenters. The van der Waals surface area contributed by atoms with Gasteiger partial charge in [-0.2, -0.15) is 0 Å². The molecule has 77 heavy (non-hydrogen) atoms. The van der Waals surface area contributed by atoms with E-state index in [-0.39, 0.29) is 98.5 Å². The van der Waals surface area contributed by atoms with E-state index >= 15 is 4.79 Å². The molecule has 2 aliphatic heterocycles. The normalized spacial score (nSPS) is 36.9. The Labute approximate surface area is 466 Å². The van der Waals surface area contributed by atoms with Gasteiger partial charge in [-0.05, 0) is 160 Å². The summed E-state index contributed by atoms with van der Waals surface area (Å²) in [4.78, 5) is 80.0. The van der Waals surface area contributed by atoms with Crippen LogP contribution in [-0.4, -0.2) is 158 Å². The van der Waals surface area contributed by atoms with Gasteiger partial charge >= 0.3 is 0 Å². The number of nitrogens with one attached hydrogen (secondary N) is 2. The lowest BCUT2D eigenvalue weighted by Crippen LogP contribution is -2.68. The zero-order chi connectivity index (χ0) is 57.3. The molecular formula is C63H110N6O8. The second kappa shape index (κ2) is 22.9. The lowest BCUT2D eigenvalue weighted by Gasteiger charge is -2.73. The van der Waals surface area contributed by atoms with E-state index < -0.39 is 36.3 Å². The van der Waals surface area contributed by atoms with E-state index in [1.54, 1.807) is 26.2 Å². The summed E-state index contributed by atoms with van der Waals surface area (Å²) < 4.78 is 12.3. The number of rotatable bonds is 20. The van der Waals surface area contributed by atoms with Gasteiger partial charge in [0.1, 0.15) is 6.04 Å². The summed E-state index contributed by atoms with van der Waals surface area (Å²) in [6, 6.07) is -1.84. The quantitative estimate of drug-likeness (QED) is 0.108. The molecule has 0 aromatic carbocycles. The molecule has 0 radical (unpaired) electrons. The molecular weight excluding hydrogens is 969 g/mol. The minimum Gasteiger partial charge on any atom is -0.393 e. The van der Waals surface area contributed by atoms with Gasteiger partial charge in [0.25, 0.3) is 0 Å². The first kappa shape index (κ1) is 61.8. The van der Waals surface area contributed by atoms with E-state index in [9.17, 15) is 24.3 Å². The van der Waals surface area contributed by atoms with Gasteiger partial charge in [0.2, 0.25) is 29.5 Å². The number of aliphatic hydroxyl groups excluding tert-OH is 1. The van der Waals surface area contributed by atoms with E-state index in [1.165, 1.54) is 12.8 Å². The van der Waals surface area contributed by atoms with Crippen molar-refractivity contribution >= 4 is 29.5 Å². The molecule has 3 N–H and O–H groups in total. The Kier molecular flexibility index (Phi) is 18.3. The fourth-order valence-corrected chi connectivity index (χ4v) is 19.5. The predicted molar refractivity (Wildman–Crippen MR) is 304 cm³/mol. The first-order valence-electron chi connectivity index (χ1n) is 30.7. The summed E-state index contributed by atoms with van der Waals surface area (Å²) in [5.41, 5.74) is -0.0126. The number of likely N-dealkylation sites (N-methyl/N-ethyl adjacent to an activating group) is 2. The third-order valence-corrected chi connectivity index (χ3v) is 24.1. The number of aliphatic hydroxyl groups is 1. The number of methoxy groups -OCH3 is 2. The van der Waals surface area contributed by atoms with Crippen molar-refractivity contribution in [2.24, 2.45) is 79.8 Å². The van der Waals surface area contributed by atoms with Crippen molar-refractivity contribution in [3.63, 3.8) is 0 Å². The van der Waals surface area contributed by atoms with Crippen LogP contribution in [0.2, 0.25) is 0 Å². The number of nitrogens with zero attached hydrogens (tertiary/aromatic N) is 4. The lowest BCUT2D eigenvalue weighted by atomic mass is 9.31. The third-order valence-electron chi connectivity index (χ3n) is 24.1. The summed E-state index contributed by atoms with van der Waals surface area (Å²) >= 11 is 0. The second-order valence-corrected chi connectivity index (χ2v) is 29.4. The van der Waals surface area contributed by atoms with E-state index in [0.717, 1.165) is 64.2 Å². The molecule has 2 bridgehead atoms. The van der Waals surface area contributed by atoms with Crippen LogP contribution in [0, 0.1) is 79.8 Å². The molecule has 2 heterocycles. The van der Waals surface area contributed by atoms with E-state index in [2.05, 4.69) is 77.8 Å². The zero-order valence-electron chi connectivity index (χ0n) is 51.9. The molecule has 7 fully saturated rings. The van der Waals surface area contributed by atoms with Crippen LogP contribution in [0.5, 0.6) is 0 Å². The summed E-state index contributed by atoms with van der Waals surface area (Å²) in [6.45, 7) is 32.6. The SMILES string of the molecule is CC[C@H](C)[C@@H]([C@@H](CC(=O)N1CCC[C@H]1[C@H](OC)[C@@H](C)C(=O)NCCN1C(=O)[C@]23CCC(C)(C)C1[C@@H]2[C@H]1CC[C@@H]2[C@@]4(C)CC[C@H](O)C(C)(C)[C@@H]4CC[C@@]2(C)[C@]1(C)CC3)OC)N(C)C(=O)[C@@H](NC(=O)[C@H](C(C)C)N(C)C)C(C)C. The van der Waals surface area contributed by atoms with Gasteiger partial charge in [0.15, 0.2) is 0 Å². The fourth-order valence-electron chi connectivity index (χ4n) is 19.5. The topological polar surface area (TPSA) is 161 Å². The molecule has 2 saturated heterocycles. The Hall–Kier alpha value is -2.81. The Morgan fingerprint density at radius 1 is 0.779 bits per heavy atom. The molecule has 14 heteroatoms. The molecule has 7 aliphatic rings. The van der Waals surface area contributed by atoms with Gasteiger partial charge < -0.3 is 39.9 Å². The Morgan fingerprint density at radius 3 is 2.04 bits per heavy atom. The van der Waals surface area contributed by atoms with Gasteiger partial charge in [-0.25, -0.2) is 0 Å². The predicted octanol–water partition coefficient (Wildman–Crippen LogP) is 8.81. The first-order chi connectivity index (χ1) is 35.9. The molecule has 440 valence electrons. The Balaban J connectivity index is 1.02. The minimum atomic E-state index is -0.765. The minimum absolute atomic E-state index is 0.0241. The van der Waals surface area contributed by atoms with Crippen molar-refractivity contribution in [3.05, 3.63) is 0 Å². The van der Waals surface area contributed by atoms with Crippen LogP contribution >= 0.6 is 0 Å². The molecule has 5 amide bonds. The molecule has 14 nitrogen and oxygen atoms in total. The number of carbonyl (C=O) groups excluding carboxylic acids is 5. The van der Waals surface area contributed by atoms with Crippen LogP contribution in [0.3, 0.4) is 0 Å². The van der Waals surface area contributed by atoms with Crippen LogP contribution in [0.1, 0.15) is 187 Å². The highest BCUT2D eigenvalue weighted by molar-refractivity contribution is 5.90. The molecule has 1 unspecified atom stereocenters. The summed E-state index contributed by atoms with van der Waals surface area (Å²) in [5, 5.41) is 17.6. The van der Waals surface area contributed by atoms with Crippen molar-refractivity contribution in [1.29, 1.82) is 0 Å². The number of fused-ring (bicyclic) bond motifs is 5. The largest absolute Gasteiger partial charge is 0.393 e. The summed E-state index contributed by atoms with van der Waals surface area (Å²) in [6.07, 6.45) is 11.5. The molecule has 0 spiro atoms. The number of amides is 5. The average Bonchev–Trinajstić information content (AvgIpc) is 3.97. The third kappa shape index (κ3) is 10.4. The van der Waals surface area contributed by atoms with Gasteiger partial charge in [-0.1, -0.05) is 103 Å². The number of likely N-dealkylation sites (tertiary alicyclic amines) is 2.